The van der Waals surface area contributed by atoms with Crippen LogP contribution in [0.3, 0.4) is 0 Å². The fraction of sp³-hybridized carbons (Fsp3) is 0.125. The van der Waals surface area contributed by atoms with Gasteiger partial charge in [-0.25, -0.2) is 9.59 Å². The van der Waals surface area contributed by atoms with E-state index >= 15 is 0 Å². The molecule has 0 saturated carbocycles. The van der Waals surface area contributed by atoms with Gasteiger partial charge in [0.15, 0.2) is 0 Å². The van der Waals surface area contributed by atoms with Gasteiger partial charge in [-0.15, -0.1) is 0 Å². The zero-order chi connectivity index (χ0) is 37.9. The summed E-state index contributed by atoms with van der Waals surface area (Å²) in [6, 6.07) is 54.4. The molecule has 0 saturated heterocycles. The fourth-order valence-electron chi connectivity index (χ4n) is 6.13. The lowest BCUT2D eigenvalue weighted by molar-refractivity contribution is -0.139. The van der Waals surface area contributed by atoms with E-state index in [-0.39, 0.29) is 25.2 Å². The normalized spacial score (nSPS) is 10.6. The van der Waals surface area contributed by atoms with Crippen LogP contribution in [0.15, 0.2) is 182 Å². The molecule has 0 spiro atoms. The SMILES string of the molecule is C=C(C)C(=O)OCCc1cccc(N(c2ccccc2)c2ccc(-c3ccc(N(c4ccccc4)c4cccc(CCOC(=O)C(=C)C)c4)cc3)cc2)c1. The van der Waals surface area contributed by atoms with E-state index in [2.05, 4.69) is 120 Å². The highest BCUT2D eigenvalue weighted by atomic mass is 16.5. The molecule has 6 heteroatoms. The number of para-hydroxylation sites is 2. The minimum absolute atomic E-state index is 0.290. The van der Waals surface area contributed by atoms with Gasteiger partial charge in [0, 0.05) is 58.1 Å². The van der Waals surface area contributed by atoms with Crippen molar-refractivity contribution >= 4 is 46.1 Å². The Morgan fingerprint density at radius 2 is 0.778 bits per heavy atom. The summed E-state index contributed by atoms with van der Waals surface area (Å²) in [6.45, 7) is 11.2. The van der Waals surface area contributed by atoms with Gasteiger partial charge in [-0.1, -0.05) is 98.1 Å². The Bertz CT molecular complexity index is 2050. The van der Waals surface area contributed by atoms with Crippen molar-refractivity contribution in [3.63, 3.8) is 0 Å². The maximum atomic E-state index is 11.9. The number of benzene rings is 6. The summed E-state index contributed by atoms with van der Waals surface area (Å²) >= 11 is 0. The summed E-state index contributed by atoms with van der Waals surface area (Å²) in [6.07, 6.45) is 1.20. The molecule has 0 atom stereocenters. The van der Waals surface area contributed by atoms with Crippen molar-refractivity contribution in [2.24, 2.45) is 0 Å². The van der Waals surface area contributed by atoms with E-state index in [9.17, 15) is 9.59 Å². The third-order valence-electron chi connectivity index (χ3n) is 8.90. The lowest BCUT2D eigenvalue weighted by Crippen LogP contribution is -2.11. The first-order chi connectivity index (χ1) is 26.3. The van der Waals surface area contributed by atoms with Gasteiger partial charge in [0.05, 0.1) is 13.2 Å². The van der Waals surface area contributed by atoms with E-state index in [0.717, 1.165) is 56.4 Å². The molecule has 6 rings (SSSR count). The molecule has 0 aromatic heterocycles. The van der Waals surface area contributed by atoms with E-state index in [1.165, 1.54) is 0 Å². The van der Waals surface area contributed by atoms with Gasteiger partial charge in [0.2, 0.25) is 0 Å². The zero-order valence-corrected chi connectivity index (χ0v) is 30.8. The standard InChI is InChI=1S/C48H44N2O4/c1-35(2)47(51)53-31-29-37-13-11-19-45(33-37)49(41-15-7-5-8-16-41)43-25-21-39(22-26-43)40-23-27-44(28-24-40)50(42-17-9-6-10-18-42)46-20-12-14-38(34-46)30-32-54-48(52)36(3)4/h5-28,33-34H,1,3,29-32H2,2,4H3. The lowest BCUT2D eigenvalue weighted by Gasteiger charge is -2.26. The van der Waals surface area contributed by atoms with Crippen LogP contribution in [0.2, 0.25) is 0 Å². The quantitative estimate of drug-likeness (QED) is 0.0780. The number of hydrogen-bond donors (Lipinski definition) is 0. The van der Waals surface area contributed by atoms with Gasteiger partial charge < -0.3 is 19.3 Å². The first-order valence-corrected chi connectivity index (χ1v) is 18.0. The maximum Gasteiger partial charge on any atom is 0.333 e. The molecule has 0 N–H and O–H groups in total. The van der Waals surface area contributed by atoms with Crippen LogP contribution in [0.4, 0.5) is 34.1 Å². The molecule has 0 fully saturated rings. The first-order valence-electron chi connectivity index (χ1n) is 18.0. The van der Waals surface area contributed by atoms with Gasteiger partial charge in [0.1, 0.15) is 0 Å². The Kier molecular flexibility index (Phi) is 12.2. The fourth-order valence-corrected chi connectivity index (χ4v) is 6.13. The molecule has 0 bridgehead atoms. The van der Waals surface area contributed by atoms with Crippen molar-refractivity contribution in [3.8, 4) is 11.1 Å². The molecule has 0 aliphatic carbocycles. The van der Waals surface area contributed by atoms with E-state index in [1.807, 2.05) is 60.7 Å². The highest BCUT2D eigenvalue weighted by Gasteiger charge is 2.16. The summed E-state index contributed by atoms with van der Waals surface area (Å²) in [5, 5.41) is 0. The van der Waals surface area contributed by atoms with Gasteiger partial charge in [-0.05, 0) is 109 Å². The molecule has 270 valence electrons. The third kappa shape index (κ3) is 9.41. The molecule has 6 aromatic carbocycles. The van der Waals surface area contributed by atoms with Crippen molar-refractivity contribution in [2.45, 2.75) is 26.7 Å². The predicted octanol–water partition coefficient (Wildman–Crippen LogP) is 11.6. The summed E-state index contributed by atoms with van der Waals surface area (Å²) in [5.41, 5.74) is 11.3. The number of carbonyl (C=O) groups is 2. The van der Waals surface area contributed by atoms with Gasteiger partial charge in [0.25, 0.3) is 0 Å². The Morgan fingerprint density at radius 3 is 1.13 bits per heavy atom. The summed E-state index contributed by atoms with van der Waals surface area (Å²) in [4.78, 5) is 28.3. The summed E-state index contributed by atoms with van der Waals surface area (Å²) < 4.78 is 10.7. The van der Waals surface area contributed by atoms with Crippen molar-refractivity contribution in [3.05, 3.63) is 193 Å². The number of esters is 2. The molecule has 0 heterocycles. The Balaban J connectivity index is 1.23. The monoisotopic (exact) mass is 712 g/mol. The third-order valence-corrected chi connectivity index (χ3v) is 8.90. The number of ether oxygens (including phenoxy) is 2. The Labute approximate surface area is 318 Å². The van der Waals surface area contributed by atoms with Crippen LogP contribution in [0.1, 0.15) is 25.0 Å². The molecule has 6 aromatic rings. The zero-order valence-electron chi connectivity index (χ0n) is 30.8. The smallest absolute Gasteiger partial charge is 0.333 e. The molecule has 6 nitrogen and oxygen atoms in total. The highest BCUT2D eigenvalue weighted by Crippen LogP contribution is 2.38. The molecule has 0 radical (unpaired) electrons. The second-order valence-corrected chi connectivity index (χ2v) is 13.1. The predicted molar refractivity (Wildman–Crippen MR) is 220 cm³/mol. The van der Waals surface area contributed by atoms with Crippen molar-refractivity contribution in [1.29, 1.82) is 0 Å². The highest BCUT2D eigenvalue weighted by molar-refractivity contribution is 5.87. The average molecular weight is 713 g/mol. The van der Waals surface area contributed by atoms with Crippen LogP contribution in [-0.4, -0.2) is 25.2 Å². The average Bonchev–Trinajstić information content (AvgIpc) is 3.20. The van der Waals surface area contributed by atoms with Crippen LogP contribution in [0.25, 0.3) is 11.1 Å². The van der Waals surface area contributed by atoms with E-state index < -0.39 is 0 Å². The number of rotatable bonds is 15. The number of anilines is 6. The molecule has 54 heavy (non-hydrogen) atoms. The van der Waals surface area contributed by atoms with E-state index in [1.54, 1.807) is 13.8 Å². The molecular weight excluding hydrogens is 669 g/mol. The molecule has 0 aliphatic heterocycles. The summed E-state index contributed by atoms with van der Waals surface area (Å²) in [7, 11) is 0. The van der Waals surface area contributed by atoms with Gasteiger partial charge in [-0.2, -0.15) is 0 Å². The lowest BCUT2D eigenvalue weighted by atomic mass is 10.0. The number of hydrogen-bond acceptors (Lipinski definition) is 6. The van der Waals surface area contributed by atoms with Crippen molar-refractivity contribution < 1.29 is 19.1 Å². The van der Waals surface area contributed by atoms with Crippen LogP contribution in [0, 0.1) is 0 Å². The molecule has 0 unspecified atom stereocenters. The minimum atomic E-state index is -0.373. The number of nitrogens with zero attached hydrogens (tertiary/aromatic N) is 2. The van der Waals surface area contributed by atoms with Crippen LogP contribution in [-0.2, 0) is 31.9 Å². The second kappa shape index (κ2) is 17.7. The first kappa shape index (κ1) is 37.1. The van der Waals surface area contributed by atoms with E-state index in [0.29, 0.717) is 24.0 Å². The largest absolute Gasteiger partial charge is 0.462 e. The Morgan fingerprint density at radius 1 is 0.444 bits per heavy atom. The molecule has 0 aliphatic rings. The Hall–Kier alpha value is -6.66. The molecular formula is C48H44N2O4. The van der Waals surface area contributed by atoms with Crippen LogP contribution in [0.5, 0.6) is 0 Å². The van der Waals surface area contributed by atoms with Crippen molar-refractivity contribution in [1.82, 2.24) is 0 Å². The van der Waals surface area contributed by atoms with Gasteiger partial charge in [-0.3, -0.25) is 0 Å². The maximum absolute atomic E-state index is 11.9. The number of carbonyl (C=O) groups excluding carboxylic acids is 2. The molecule has 0 amide bonds. The van der Waals surface area contributed by atoms with Crippen LogP contribution >= 0.6 is 0 Å². The topological polar surface area (TPSA) is 59.1 Å². The summed E-state index contributed by atoms with van der Waals surface area (Å²) in [5.74, 6) is -0.745. The van der Waals surface area contributed by atoms with Crippen LogP contribution < -0.4 is 9.80 Å². The van der Waals surface area contributed by atoms with E-state index in [4.69, 9.17) is 9.47 Å². The minimum Gasteiger partial charge on any atom is -0.462 e. The van der Waals surface area contributed by atoms with Crippen molar-refractivity contribution in [2.75, 3.05) is 23.0 Å². The van der Waals surface area contributed by atoms with Gasteiger partial charge >= 0.3 is 11.9 Å². The second-order valence-electron chi connectivity index (χ2n) is 13.1.